The predicted molar refractivity (Wildman–Crippen MR) is 116 cm³/mol. The molecule has 3 aromatic rings. The molecule has 0 bridgehead atoms. The van der Waals surface area contributed by atoms with E-state index in [9.17, 15) is 18.0 Å². The van der Waals surface area contributed by atoms with Crippen molar-refractivity contribution in [2.75, 3.05) is 20.8 Å². The number of nitrogens with zero attached hydrogens (tertiary/aromatic N) is 4. The summed E-state index contributed by atoms with van der Waals surface area (Å²) in [6.07, 6.45) is -2.15. The van der Waals surface area contributed by atoms with Crippen molar-refractivity contribution in [3.63, 3.8) is 0 Å². The molecule has 33 heavy (non-hydrogen) atoms. The van der Waals surface area contributed by atoms with Gasteiger partial charge in [-0.15, -0.1) is 0 Å². The number of hydrogen-bond acceptors (Lipinski definition) is 5. The Kier molecular flexibility index (Phi) is 6.13. The zero-order valence-corrected chi connectivity index (χ0v) is 19.0. The fourth-order valence-electron chi connectivity index (χ4n) is 4.01. The molecule has 0 N–H and O–H groups in total. The van der Waals surface area contributed by atoms with Crippen molar-refractivity contribution >= 4 is 23.2 Å². The third-order valence-corrected chi connectivity index (χ3v) is 6.12. The number of carbonyl (C=O) groups is 1. The van der Waals surface area contributed by atoms with Gasteiger partial charge < -0.3 is 14.4 Å². The van der Waals surface area contributed by atoms with E-state index in [-0.39, 0.29) is 28.1 Å². The van der Waals surface area contributed by atoms with Crippen LogP contribution in [0.2, 0.25) is 5.02 Å². The van der Waals surface area contributed by atoms with Crippen LogP contribution in [0.15, 0.2) is 24.3 Å². The van der Waals surface area contributed by atoms with Gasteiger partial charge in [-0.1, -0.05) is 11.6 Å². The molecule has 0 unspecified atom stereocenters. The lowest BCUT2D eigenvalue weighted by atomic mass is 10.0. The highest BCUT2D eigenvalue weighted by Gasteiger charge is 2.37. The Morgan fingerprint density at radius 1 is 1.15 bits per heavy atom. The van der Waals surface area contributed by atoms with Crippen LogP contribution in [0.5, 0.6) is 11.5 Å². The number of fused-ring (bicyclic) bond motifs is 1. The van der Waals surface area contributed by atoms with E-state index in [1.54, 1.807) is 17.0 Å². The van der Waals surface area contributed by atoms with Gasteiger partial charge in [0.05, 0.1) is 19.9 Å². The van der Waals surface area contributed by atoms with Crippen molar-refractivity contribution < 1.29 is 27.4 Å². The summed E-state index contributed by atoms with van der Waals surface area (Å²) in [6.45, 7) is 2.40. The number of amides is 1. The quantitative estimate of drug-likeness (QED) is 0.517. The Morgan fingerprint density at radius 3 is 2.52 bits per heavy atom. The van der Waals surface area contributed by atoms with E-state index < -0.39 is 17.8 Å². The SMILES string of the molecule is COc1ccc(-c2cc(C(F)(F)F)n3nc(C(=O)N4CCCC[C@@H]4C)c(Cl)c3n2)cc1OC. The molecule has 0 aliphatic carbocycles. The zero-order valence-electron chi connectivity index (χ0n) is 18.2. The highest BCUT2D eigenvalue weighted by Crippen LogP contribution is 2.37. The molecule has 3 heterocycles. The number of piperidine rings is 1. The smallest absolute Gasteiger partial charge is 0.433 e. The van der Waals surface area contributed by atoms with Crippen molar-refractivity contribution in [3.8, 4) is 22.8 Å². The summed E-state index contributed by atoms with van der Waals surface area (Å²) in [5, 5.41) is 3.73. The highest BCUT2D eigenvalue weighted by molar-refractivity contribution is 6.36. The minimum Gasteiger partial charge on any atom is -0.493 e. The van der Waals surface area contributed by atoms with E-state index in [0.717, 1.165) is 25.3 Å². The molecule has 0 spiro atoms. The maximum absolute atomic E-state index is 14.0. The molecule has 0 saturated carbocycles. The lowest BCUT2D eigenvalue weighted by molar-refractivity contribution is -0.142. The Hall–Kier alpha value is -3.01. The van der Waals surface area contributed by atoms with Crippen molar-refractivity contribution in [3.05, 3.63) is 40.7 Å². The van der Waals surface area contributed by atoms with E-state index in [1.807, 2.05) is 6.92 Å². The molecule has 176 valence electrons. The third kappa shape index (κ3) is 4.19. The second-order valence-electron chi connectivity index (χ2n) is 7.84. The van der Waals surface area contributed by atoms with Crippen LogP contribution in [-0.4, -0.2) is 52.2 Å². The summed E-state index contributed by atoms with van der Waals surface area (Å²) >= 11 is 6.40. The van der Waals surface area contributed by atoms with Gasteiger partial charge in [-0.05, 0) is 50.5 Å². The van der Waals surface area contributed by atoms with Crippen LogP contribution in [0, 0.1) is 0 Å². The van der Waals surface area contributed by atoms with Crippen molar-refractivity contribution in [2.45, 2.75) is 38.4 Å². The number of rotatable bonds is 4. The van der Waals surface area contributed by atoms with E-state index in [1.165, 1.54) is 20.3 Å². The maximum atomic E-state index is 14.0. The first kappa shape index (κ1) is 23.2. The first-order chi connectivity index (χ1) is 15.7. The summed E-state index contributed by atoms with van der Waals surface area (Å²) in [6, 6.07) is 5.47. The monoisotopic (exact) mass is 482 g/mol. The summed E-state index contributed by atoms with van der Waals surface area (Å²) < 4.78 is 52.9. The molecular weight excluding hydrogens is 461 g/mol. The van der Waals surface area contributed by atoms with Gasteiger partial charge in [0.1, 0.15) is 5.02 Å². The van der Waals surface area contributed by atoms with Gasteiger partial charge in [-0.3, -0.25) is 4.79 Å². The topological polar surface area (TPSA) is 69.0 Å². The summed E-state index contributed by atoms with van der Waals surface area (Å²) in [5.74, 6) is 0.252. The highest BCUT2D eigenvalue weighted by atomic mass is 35.5. The van der Waals surface area contributed by atoms with Crippen molar-refractivity contribution in [1.29, 1.82) is 0 Å². The number of alkyl halides is 3. The van der Waals surface area contributed by atoms with Crippen LogP contribution in [0.1, 0.15) is 42.4 Å². The number of halogens is 4. The normalized spacial score (nSPS) is 16.8. The molecule has 1 amide bonds. The third-order valence-electron chi connectivity index (χ3n) is 5.77. The molecule has 1 aliphatic heterocycles. The zero-order chi connectivity index (χ0) is 23.9. The van der Waals surface area contributed by atoms with Gasteiger partial charge in [0.25, 0.3) is 5.91 Å². The molecule has 1 aromatic carbocycles. The average molecular weight is 483 g/mol. The fraction of sp³-hybridized carbons (Fsp3) is 0.409. The van der Waals surface area contributed by atoms with E-state index in [0.29, 0.717) is 28.1 Å². The molecule has 11 heteroatoms. The van der Waals surface area contributed by atoms with Crippen molar-refractivity contribution in [2.24, 2.45) is 0 Å². The average Bonchev–Trinajstić information content (AvgIpc) is 3.13. The largest absolute Gasteiger partial charge is 0.493 e. The second kappa shape index (κ2) is 8.74. The number of ether oxygens (including phenoxy) is 2. The predicted octanol–water partition coefficient (Wildman–Crippen LogP) is 5.10. The molecular formula is C22H22ClF3N4O3. The Bertz CT molecular complexity index is 1210. The van der Waals surface area contributed by atoms with Crippen molar-refractivity contribution in [1.82, 2.24) is 19.5 Å². The molecule has 1 fully saturated rings. The van der Waals surface area contributed by atoms with Crippen LogP contribution in [0.3, 0.4) is 0 Å². The van der Waals surface area contributed by atoms with Crippen LogP contribution in [-0.2, 0) is 6.18 Å². The van der Waals surface area contributed by atoms with Gasteiger partial charge in [-0.25, -0.2) is 9.50 Å². The lowest BCUT2D eigenvalue weighted by Gasteiger charge is -2.32. The maximum Gasteiger partial charge on any atom is 0.433 e. The Morgan fingerprint density at radius 2 is 1.88 bits per heavy atom. The molecule has 0 radical (unpaired) electrons. The number of hydrogen-bond donors (Lipinski definition) is 0. The first-order valence-electron chi connectivity index (χ1n) is 10.4. The number of likely N-dealkylation sites (tertiary alicyclic amines) is 1. The summed E-state index contributed by atoms with van der Waals surface area (Å²) in [5.41, 5.74) is -1.22. The van der Waals surface area contributed by atoms with Gasteiger partial charge in [0.15, 0.2) is 28.5 Å². The second-order valence-corrected chi connectivity index (χ2v) is 8.21. The summed E-state index contributed by atoms with van der Waals surface area (Å²) in [4.78, 5) is 19.0. The van der Waals surface area contributed by atoms with Crippen LogP contribution >= 0.6 is 11.6 Å². The molecule has 1 saturated heterocycles. The van der Waals surface area contributed by atoms with E-state index in [2.05, 4.69) is 10.1 Å². The Labute approximate surface area is 193 Å². The molecule has 2 aromatic heterocycles. The van der Waals surface area contributed by atoms with E-state index in [4.69, 9.17) is 21.1 Å². The molecule has 1 atom stereocenters. The van der Waals surface area contributed by atoms with Gasteiger partial charge >= 0.3 is 6.18 Å². The number of carbonyl (C=O) groups excluding carboxylic acids is 1. The van der Waals surface area contributed by atoms with Crippen LogP contribution < -0.4 is 9.47 Å². The minimum absolute atomic E-state index is 0.00270. The number of methoxy groups -OCH3 is 2. The van der Waals surface area contributed by atoms with Crippen LogP contribution in [0.4, 0.5) is 13.2 Å². The van der Waals surface area contributed by atoms with E-state index >= 15 is 0 Å². The Balaban J connectivity index is 1.88. The van der Waals surface area contributed by atoms with Gasteiger partial charge in [-0.2, -0.15) is 18.3 Å². The summed E-state index contributed by atoms with van der Waals surface area (Å²) in [7, 11) is 2.88. The fourth-order valence-corrected chi connectivity index (χ4v) is 4.25. The first-order valence-corrected chi connectivity index (χ1v) is 10.7. The molecule has 4 rings (SSSR count). The molecule has 1 aliphatic rings. The number of benzene rings is 1. The van der Waals surface area contributed by atoms with Gasteiger partial charge in [0, 0.05) is 18.2 Å². The van der Waals surface area contributed by atoms with Crippen LogP contribution in [0.25, 0.3) is 16.9 Å². The van der Waals surface area contributed by atoms with Gasteiger partial charge in [0.2, 0.25) is 0 Å². The minimum atomic E-state index is -4.76. The standard InChI is InChI=1S/C22H22ClF3N4O3/c1-12-6-4-5-9-29(12)21(31)19-18(23)20-27-14(11-17(22(24,25)26)30(20)28-19)13-7-8-15(32-2)16(10-13)33-3/h7-8,10-12H,4-6,9H2,1-3H3/t12-/m0/s1. The lowest BCUT2D eigenvalue weighted by Crippen LogP contribution is -2.42. The molecule has 7 nitrogen and oxygen atoms in total. The number of aromatic nitrogens is 3.